The zero-order valence-corrected chi connectivity index (χ0v) is 17.7. The van der Waals surface area contributed by atoms with E-state index < -0.39 is 0 Å². The van der Waals surface area contributed by atoms with Gasteiger partial charge in [0.15, 0.2) is 0 Å². The van der Waals surface area contributed by atoms with E-state index in [-0.39, 0.29) is 11.5 Å². The molecule has 1 aromatic heterocycles. The van der Waals surface area contributed by atoms with Crippen molar-refractivity contribution in [2.24, 2.45) is 0 Å². The Kier molecular flexibility index (Phi) is 5.74. The van der Waals surface area contributed by atoms with E-state index >= 15 is 0 Å². The number of carbonyl (C=O) groups excluding carboxylic acids is 1. The van der Waals surface area contributed by atoms with Gasteiger partial charge in [-0.1, -0.05) is 6.07 Å². The van der Waals surface area contributed by atoms with E-state index in [1.165, 1.54) is 0 Å². The van der Waals surface area contributed by atoms with Crippen LogP contribution in [-0.2, 0) is 11.3 Å². The van der Waals surface area contributed by atoms with Gasteiger partial charge in [0.05, 0.1) is 36.1 Å². The van der Waals surface area contributed by atoms with E-state index in [2.05, 4.69) is 11.0 Å². The molecule has 0 N–H and O–H groups in total. The lowest BCUT2D eigenvalue weighted by molar-refractivity contribution is 0.0993. The highest BCUT2D eigenvalue weighted by molar-refractivity contribution is 6.07. The van der Waals surface area contributed by atoms with Gasteiger partial charge in [-0.3, -0.25) is 9.59 Å². The van der Waals surface area contributed by atoms with Crippen molar-refractivity contribution in [2.75, 3.05) is 43.2 Å². The molecule has 2 heterocycles. The Bertz CT molecular complexity index is 1240. The van der Waals surface area contributed by atoms with Gasteiger partial charge in [-0.15, -0.1) is 0 Å². The van der Waals surface area contributed by atoms with Crippen molar-refractivity contribution < 1.29 is 9.53 Å². The second-order valence-electron chi connectivity index (χ2n) is 7.47. The number of benzene rings is 2. The lowest BCUT2D eigenvalue weighted by atomic mass is 10.1. The summed E-state index contributed by atoms with van der Waals surface area (Å²) >= 11 is 0. The third-order valence-electron chi connectivity index (χ3n) is 5.67. The molecule has 0 aliphatic carbocycles. The quantitative estimate of drug-likeness (QED) is 0.653. The van der Waals surface area contributed by atoms with Crippen molar-refractivity contribution in [3.8, 4) is 6.07 Å². The molecule has 2 aromatic carbocycles. The van der Waals surface area contributed by atoms with Crippen molar-refractivity contribution in [2.45, 2.75) is 13.5 Å². The van der Waals surface area contributed by atoms with E-state index in [9.17, 15) is 9.59 Å². The van der Waals surface area contributed by atoms with Crippen LogP contribution >= 0.6 is 0 Å². The number of fused-ring (bicyclic) bond motifs is 1. The molecule has 7 heteroatoms. The number of ether oxygens (including phenoxy) is 1. The number of nitrogens with zero attached hydrogens (tertiary/aromatic N) is 4. The maximum absolute atomic E-state index is 13.0. The van der Waals surface area contributed by atoms with Crippen LogP contribution in [0.1, 0.15) is 22.8 Å². The number of carbonyl (C=O) groups is 1. The van der Waals surface area contributed by atoms with E-state index in [4.69, 9.17) is 10.00 Å². The molecule has 1 saturated heterocycles. The van der Waals surface area contributed by atoms with Crippen molar-refractivity contribution in [3.05, 3.63) is 70.0 Å². The molecule has 0 atom stereocenters. The van der Waals surface area contributed by atoms with Crippen LogP contribution in [-0.4, -0.2) is 43.8 Å². The van der Waals surface area contributed by atoms with Crippen LogP contribution in [0.25, 0.3) is 10.9 Å². The number of morpholine rings is 1. The average Bonchev–Trinajstić information content (AvgIpc) is 2.83. The molecule has 0 unspecified atom stereocenters. The summed E-state index contributed by atoms with van der Waals surface area (Å²) in [4.78, 5) is 29.5. The highest BCUT2D eigenvalue weighted by Gasteiger charge is 2.19. The van der Waals surface area contributed by atoms with Gasteiger partial charge < -0.3 is 19.1 Å². The van der Waals surface area contributed by atoms with Gasteiger partial charge in [0.1, 0.15) is 0 Å². The Morgan fingerprint density at radius 1 is 1.16 bits per heavy atom. The number of hydrogen-bond donors (Lipinski definition) is 0. The molecule has 0 saturated carbocycles. The predicted molar refractivity (Wildman–Crippen MR) is 121 cm³/mol. The second kappa shape index (κ2) is 8.62. The van der Waals surface area contributed by atoms with E-state index in [0.717, 1.165) is 22.3 Å². The third kappa shape index (κ3) is 3.90. The third-order valence-corrected chi connectivity index (χ3v) is 5.67. The number of nitriles is 1. The standard InChI is InChI=1S/C24H24N4O3/c1-3-28-21-8-7-19(26(2)24(30)18-6-4-5-17(13-18)16-25)14-20(21)22(15-23(28)29)27-9-11-31-12-10-27/h4-8,13-15H,3,9-12H2,1-2H3. The minimum Gasteiger partial charge on any atom is -0.378 e. The van der Waals surface area contributed by atoms with E-state index in [1.807, 2.05) is 25.1 Å². The SMILES string of the molecule is CCn1c(=O)cc(N2CCOCC2)c2cc(N(C)C(=O)c3cccc(C#N)c3)ccc21. The second-order valence-corrected chi connectivity index (χ2v) is 7.47. The predicted octanol–water partition coefficient (Wildman–Crippen LogP) is 3.01. The van der Waals surface area contributed by atoms with Crippen molar-refractivity contribution >= 4 is 28.2 Å². The number of aryl methyl sites for hydroxylation is 1. The fourth-order valence-electron chi connectivity index (χ4n) is 3.99. The smallest absolute Gasteiger partial charge is 0.258 e. The van der Waals surface area contributed by atoms with E-state index in [1.54, 1.807) is 46.8 Å². The molecule has 31 heavy (non-hydrogen) atoms. The molecular weight excluding hydrogens is 392 g/mol. The average molecular weight is 416 g/mol. The van der Waals surface area contributed by atoms with Gasteiger partial charge >= 0.3 is 0 Å². The van der Waals surface area contributed by atoms with Gasteiger partial charge in [-0.05, 0) is 43.3 Å². The number of rotatable bonds is 4. The molecule has 0 bridgehead atoms. The summed E-state index contributed by atoms with van der Waals surface area (Å²) in [7, 11) is 1.72. The highest BCUT2D eigenvalue weighted by atomic mass is 16.5. The van der Waals surface area contributed by atoms with Crippen molar-refractivity contribution in [3.63, 3.8) is 0 Å². The van der Waals surface area contributed by atoms with Crippen LogP contribution in [0.3, 0.4) is 0 Å². The maximum atomic E-state index is 13.0. The fourth-order valence-corrected chi connectivity index (χ4v) is 3.99. The van der Waals surface area contributed by atoms with Crippen molar-refractivity contribution in [1.29, 1.82) is 5.26 Å². The normalized spacial score (nSPS) is 13.8. The molecule has 1 aliphatic rings. The summed E-state index contributed by atoms with van der Waals surface area (Å²) in [5, 5.41) is 10.1. The monoisotopic (exact) mass is 416 g/mol. The first kappa shape index (κ1) is 20.6. The Morgan fingerprint density at radius 3 is 2.65 bits per heavy atom. The Morgan fingerprint density at radius 2 is 1.94 bits per heavy atom. The van der Waals surface area contributed by atoms with Gasteiger partial charge in [-0.2, -0.15) is 5.26 Å². The molecular formula is C24H24N4O3. The number of pyridine rings is 1. The zero-order chi connectivity index (χ0) is 22.0. The molecule has 7 nitrogen and oxygen atoms in total. The van der Waals surface area contributed by atoms with Crippen LogP contribution in [0.5, 0.6) is 0 Å². The summed E-state index contributed by atoms with van der Waals surface area (Å²) in [5.41, 5.74) is 3.28. The summed E-state index contributed by atoms with van der Waals surface area (Å²) < 4.78 is 7.21. The Labute approximate surface area is 180 Å². The first-order valence-corrected chi connectivity index (χ1v) is 10.3. The van der Waals surface area contributed by atoms with Gasteiger partial charge in [0.25, 0.3) is 11.5 Å². The lowest BCUT2D eigenvalue weighted by Gasteiger charge is -2.30. The first-order chi connectivity index (χ1) is 15.0. The molecule has 1 aliphatic heterocycles. The maximum Gasteiger partial charge on any atom is 0.258 e. The largest absolute Gasteiger partial charge is 0.378 e. The summed E-state index contributed by atoms with van der Waals surface area (Å²) in [6, 6.07) is 16.1. The van der Waals surface area contributed by atoms with Crippen LogP contribution < -0.4 is 15.4 Å². The van der Waals surface area contributed by atoms with Gasteiger partial charge in [0.2, 0.25) is 0 Å². The minimum absolute atomic E-state index is 0.0398. The molecule has 1 amide bonds. The highest BCUT2D eigenvalue weighted by Crippen LogP contribution is 2.30. The van der Waals surface area contributed by atoms with Gasteiger partial charge in [-0.25, -0.2) is 0 Å². The number of hydrogen-bond acceptors (Lipinski definition) is 5. The number of amides is 1. The van der Waals surface area contributed by atoms with Crippen LogP contribution in [0, 0.1) is 11.3 Å². The molecule has 0 radical (unpaired) electrons. The Hall–Kier alpha value is -3.63. The van der Waals surface area contributed by atoms with E-state index in [0.29, 0.717) is 44.0 Å². The molecule has 1 fully saturated rings. The lowest BCUT2D eigenvalue weighted by Crippen LogP contribution is -2.37. The number of anilines is 2. The topological polar surface area (TPSA) is 78.6 Å². The fraction of sp³-hybridized carbons (Fsp3) is 0.292. The van der Waals surface area contributed by atoms with Gasteiger partial charge in [0, 0.05) is 49.4 Å². The molecule has 0 spiro atoms. The summed E-state index contributed by atoms with van der Waals surface area (Å²) in [6.45, 7) is 5.17. The molecule has 158 valence electrons. The minimum atomic E-state index is -0.201. The zero-order valence-electron chi connectivity index (χ0n) is 17.7. The summed E-state index contributed by atoms with van der Waals surface area (Å²) in [5.74, 6) is -0.201. The summed E-state index contributed by atoms with van der Waals surface area (Å²) in [6.07, 6.45) is 0. The first-order valence-electron chi connectivity index (χ1n) is 10.3. The molecule has 3 aromatic rings. The van der Waals surface area contributed by atoms with Crippen LogP contribution in [0.2, 0.25) is 0 Å². The van der Waals surface area contributed by atoms with Crippen molar-refractivity contribution in [1.82, 2.24) is 4.57 Å². The molecule has 4 rings (SSSR count). The van der Waals surface area contributed by atoms with Crippen LogP contribution in [0.4, 0.5) is 11.4 Å². The number of aromatic nitrogens is 1. The van der Waals surface area contributed by atoms with Crippen LogP contribution in [0.15, 0.2) is 53.3 Å². The Balaban J connectivity index is 1.80.